The molecule has 0 saturated heterocycles. The van der Waals surface area contributed by atoms with E-state index in [-0.39, 0.29) is 29.7 Å². The molecule has 142 valence electrons. The van der Waals surface area contributed by atoms with Gasteiger partial charge in [0.1, 0.15) is 5.82 Å². The number of nitrogens with one attached hydrogen (secondary N) is 2. The van der Waals surface area contributed by atoms with E-state index >= 15 is 0 Å². The van der Waals surface area contributed by atoms with Crippen LogP contribution in [0.5, 0.6) is 0 Å². The fraction of sp³-hybridized carbons (Fsp3) is 0.381. The summed E-state index contributed by atoms with van der Waals surface area (Å²) in [5.74, 6) is -0.400. The third-order valence-corrected chi connectivity index (χ3v) is 4.89. The molecule has 1 aromatic heterocycles. The van der Waals surface area contributed by atoms with E-state index in [1.807, 2.05) is 6.92 Å². The summed E-state index contributed by atoms with van der Waals surface area (Å²) in [6.07, 6.45) is 5.43. The Morgan fingerprint density at radius 2 is 1.78 bits per heavy atom. The normalized spacial score (nSPS) is 19.3. The first-order chi connectivity index (χ1) is 13.0. The van der Waals surface area contributed by atoms with Crippen molar-refractivity contribution in [2.24, 2.45) is 0 Å². The summed E-state index contributed by atoms with van der Waals surface area (Å²) in [6.45, 7) is 1.84. The van der Waals surface area contributed by atoms with Crippen molar-refractivity contribution in [1.82, 2.24) is 15.6 Å². The van der Waals surface area contributed by atoms with Crippen LogP contribution in [0.25, 0.3) is 11.3 Å². The molecule has 3 rings (SSSR count). The number of benzene rings is 1. The predicted molar refractivity (Wildman–Crippen MR) is 102 cm³/mol. The van der Waals surface area contributed by atoms with Gasteiger partial charge in [-0.3, -0.25) is 14.6 Å². The molecule has 5 nitrogen and oxygen atoms in total. The highest BCUT2D eigenvalue weighted by Gasteiger charge is 2.23. The summed E-state index contributed by atoms with van der Waals surface area (Å²) in [4.78, 5) is 28.2. The van der Waals surface area contributed by atoms with Crippen LogP contribution in [0.15, 0.2) is 42.6 Å². The van der Waals surface area contributed by atoms with Crippen molar-refractivity contribution in [1.29, 1.82) is 0 Å². The molecule has 1 aliphatic carbocycles. The van der Waals surface area contributed by atoms with Gasteiger partial charge in [0.2, 0.25) is 5.91 Å². The highest BCUT2D eigenvalue weighted by molar-refractivity contribution is 5.94. The number of carbonyl (C=O) groups is 2. The zero-order valence-corrected chi connectivity index (χ0v) is 15.4. The molecule has 2 N–H and O–H groups in total. The molecule has 1 aliphatic rings. The maximum absolute atomic E-state index is 13.3. The van der Waals surface area contributed by atoms with Crippen LogP contribution >= 0.6 is 0 Å². The van der Waals surface area contributed by atoms with Crippen LogP contribution in [-0.4, -0.2) is 28.9 Å². The first-order valence-corrected chi connectivity index (χ1v) is 9.37. The van der Waals surface area contributed by atoms with E-state index in [1.54, 1.807) is 24.3 Å². The highest BCUT2D eigenvalue weighted by atomic mass is 19.1. The molecular weight excluding hydrogens is 345 g/mol. The maximum atomic E-state index is 13.3. The molecule has 0 bridgehead atoms. The van der Waals surface area contributed by atoms with Crippen LogP contribution < -0.4 is 10.6 Å². The molecule has 1 saturated carbocycles. The number of rotatable bonds is 5. The maximum Gasteiger partial charge on any atom is 0.253 e. The second kappa shape index (κ2) is 8.75. The van der Waals surface area contributed by atoms with Gasteiger partial charge in [0, 0.05) is 30.3 Å². The van der Waals surface area contributed by atoms with Crippen LogP contribution in [0.4, 0.5) is 4.39 Å². The molecule has 0 aliphatic heterocycles. The van der Waals surface area contributed by atoms with Gasteiger partial charge in [-0.25, -0.2) is 4.39 Å². The second-order valence-corrected chi connectivity index (χ2v) is 6.89. The minimum atomic E-state index is -0.318. The van der Waals surface area contributed by atoms with Gasteiger partial charge in [0.15, 0.2) is 0 Å². The standard InChI is InChI=1S/C21H24FN3O2/c1-2-20(26)24-17-7-9-18(10-8-17)25-21(27)15-6-11-19(23-13-15)14-4-3-5-16(22)12-14/h3-6,11-13,17-18H,2,7-10H2,1H3,(H,24,26)(H,25,27). The van der Waals surface area contributed by atoms with Crippen molar-refractivity contribution in [3.8, 4) is 11.3 Å². The Hall–Kier alpha value is -2.76. The number of carbonyl (C=O) groups excluding carboxylic acids is 2. The lowest BCUT2D eigenvalue weighted by Crippen LogP contribution is -2.43. The van der Waals surface area contributed by atoms with Crippen LogP contribution in [0.1, 0.15) is 49.4 Å². The SMILES string of the molecule is CCC(=O)NC1CCC(NC(=O)c2ccc(-c3cccc(F)c3)nc2)CC1. The zero-order chi connectivity index (χ0) is 19.2. The Bertz CT molecular complexity index is 799. The average molecular weight is 369 g/mol. The molecule has 0 spiro atoms. The minimum Gasteiger partial charge on any atom is -0.353 e. The summed E-state index contributed by atoms with van der Waals surface area (Å²) >= 11 is 0. The van der Waals surface area contributed by atoms with E-state index in [4.69, 9.17) is 0 Å². The van der Waals surface area contributed by atoms with Gasteiger partial charge in [-0.15, -0.1) is 0 Å². The molecule has 6 heteroatoms. The van der Waals surface area contributed by atoms with Crippen molar-refractivity contribution in [3.63, 3.8) is 0 Å². The Morgan fingerprint density at radius 3 is 2.37 bits per heavy atom. The highest BCUT2D eigenvalue weighted by Crippen LogP contribution is 2.20. The van der Waals surface area contributed by atoms with Gasteiger partial charge in [-0.2, -0.15) is 0 Å². The van der Waals surface area contributed by atoms with E-state index in [2.05, 4.69) is 15.6 Å². The summed E-state index contributed by atoms with van der Waals surface area (Å²) in [6, 6.07) is 9.95. The molecule has 0 radical (unpaired) electrons. The number of aromatic nitrogens is 1. The molecular formula is C21H24FN3O2. The molecule has 1 aromatic carbocycles. The number of hydrogen-bond acceptors (Lipinski definition) is 3. The molecule has 0 unspecified atom stereocenters. The van der Waals surface area contributed by atoms with Gasteiger partial charge in [-0.1, -0.05) is 19.1 Å². The van der Waals surface area contributed by atoms with Crippen LogP contribution in [0.2, 0.25) is 0 Å². The average Bonchev–Trinajstić information content (AvgIpc) is 2.69. The first kappa shape index (κ1) is 19.0. The number of pyridine rings is 1. The third-order valence-electron chi connectivity index (χ3n) is 4.89. The molecule has 2 aromatic rings. The lowest BCUT2D eigenvalue weighted by Gasteiger charge is -2.29. The van der Waals surface area contributed by atoms with Gasteiger partial charge in [-0.05, 0) is 49.9 Å². The topological polar surface area (TPSA) is 71.1 Å². The number of nitrogens with zero attached hydrogens (tertiary/aromatic N) is 1. The summed E-state index contributed by atoms with van der Waals surface area (Å²) in [5, 5.41) is 6.05. The number of hydrogen-bond donors (Lipinski definition) is 2. The molecule has 1 fully saturated rings. The van der Waals surface area contributed by atoms with Crippen LogP contribution in [0.3, 0.4) is 0 Å². The fourth-order valence-corrected chi connectivity index (χ4v) is 3.33. The molecule has 2 amide bonds. The van der Waals surface area contributed by atoms with E-state index in [0.717, 1.165) is 25.7 Å². The Balaban J connectivity index is 1.54. The second-order valence-electron chi connectivity index (χ2n) is 6.89. The van der Waals surface area contributed by atoms with Crippen LogP contribution in [0, 0.1) is 5.82 Å². The predicted octanol–water partition coefficient (Wildman–Crippen LogP) is 3.45. The van der Waals surface area contributed by atoms with Gasteiger partial charge >= 0.3 is 0 Å². The lowest BCUT2D eigenvalue weighted by molar-refractivity contribution is -0.121. The van der Waals surface area contributed by atoms with E-state index < -0.39 is 0 Å². The van der Waals surface area contributed by atoms with Gasteiger partial charge in [0.25, 0.3) is 5.91 Å². The van der Waals surface area contributed by atoms with Crippen LogP contribution in [-0.2, 0) is 4.79 Å². The summed E-state index contributed by atoms with van der Waals surface area (Å²) in [7, 11) is 0. The van der Waals surface area contributed by atoms with Crippen molar-refractivity contribution >= 4 is 11.8 Å². The fourth-order valence-electron chi connectivity index (χ4n) is 3.33. The summed E-state index contributed by atoms with van der Waals surface area (Å²) in [5.41, 5.74) is 1.78. The Labute approximate surface area is 158 Å². The molecule has 1 heterocycles. The monoisotopic (exact) mass is 369 g/mol. The number of halogens is 1. The lowest BCUT2D eigenvalue weighted by atomic mass is 9.91. The van der Waals surface area contributed by atoms with Gasteiger partial charge in [0.05, 0.1) is 11.3 Å². The smallest absolute Gasteiger partial charge is 0.253 e. The van der Waals surface area contributed by atoms with Crippen molar-refractivity contribution in [2.45, 2.75) is 51.1 Å². The van der Waals surface area contributed by atoms with Gasteiger partial charge < -0.3 is 10.6 Å². The zero-order valence-electron chi connectivity index (χ0n) is 15.4. The quantitative estimate of drug-likeness (QED) is 0.848. The minimum absolute atomic E-state index is 0.0759. The van der Waals surface area contributed by atoms with Crippen molar-refractivity contribution in [3.05, 3.63) is 54.0 Å². The molecule has 27 heavy (non-hydrogen) atoms. The Morgan fingerprint density at radius 1 is 1.07 bits per heavy atom. The van der Waals surface area contributed by atoms with Crippen molar-refractivity contribution in [2.75, 3.05) is 0 Å². The van der Waals surface area contributed by atoms with E-state index in [1.165, 1.54) is 18.3 Å². The largest absolute Gasteiger partial charge is 0.353 e. The van der Waals surface area contributed by atoms with E-state index in [0.29, 0.717) is 23.2 Å². The van der Waals surface area contributed by atoms with E-state index in [9.17, 15) is 14.0 Å². The first-order valence-electron chi connectivity index (χ1n) is 9.37. The summed E-state index contributed by atoms with van der Waals surface area (Å²) < 4.78 is 13.3. The molecule has 0 atom stereocenters. The van der Waals surface area contributed by atoms with Crippen molar-refractivity contribution < 1.29 is 14.0 Å². The third kappa shape index (κ3) is 5.12. The number of amides is 2. The Kier molecular flexibility index (Phi) is 6.16.